The number of ether oxygens (including phenoxy) is 1. The van der Waals surface area contributed by atoms with Crippen molar-refractivity contribution in [2.45, 2.75) is 26.1 Å². The smallest absolute Gasteiger partial charge is 0.153 e. The molecule has 0 aromatic heterocycles. The third-order valence-corrected chi connectivity index (χ3v) is 3.78. The quantitative estimate of drug-likeness (QED) is 0.823. The third kappa shape index (κ3) is 5.02. The van der Waals surface area contributed by atoms with Crippen LogP contribution >= 0.6 is 36.4 Å². The zero-order valence-corrected chi connectivity index (χ0v) is 15.5. The van der Waals surface area contributed by atoms with E-state index in [-0.39, 0.29) is 30.9 Å². The minimum atomic E-state index is -0.167. The Bertz CT molecular complexity index is 722. The maximum Gasteiger partial charge on any atom is 0.153 e. The zero-order chi connectivity index (χ0) is 15.5. The van der Waals surface area contributed by atoms with Gasteiger partial charge in [0.15, 0.2) is 6.10 Å². The van der Waals surface area contributed by atoms with Crippen LogP contribution in [0.25, 0.3) is 0 Å². The fourth-order valence-electron chi connectivity index (χ4n) is 2.34. The molecule has 0 aliphatic carbocycles. The van der Waals surface area contributed by atoms with E-state index in [9.17, 15) is 0 Å². The van der Waals surface area contributed by atoms with Crippen LogP contribution in [0.2, 0.25) is 5.02 Å². The van der Waals surface area contributed by atoms with Gasteiger partial charge >= 0.3 is 0 Å². The molecule has 2 aromatic carbocycles. The lowest BCUT2D eigenvalue weighted by Crippen LogP contribution is -2.33. The lowest BCUT2D eigenvalue weighted by Gasteiger charge is -2.21. The van der Waals surface area contributed by atoms with Gasteiger partial charge in [-0.25, -0.2) is 4.99 Å². The fourth-order valence-corrected chi connectivity index (χ4v) is 2.55. The number of halogens is 3. The van der Waals surface area contributed by atoms with Crippen molar-refractivity contribution in [1.82, 2.24) is 5.32 Å². The summed E-state index contributed by atoms with van der Waals surface area (Å²) in [6, 6.07) is 13.8. The lowest BCUT2D eigenvalue weighted by molar-refractivity contribution is 0.281. The molecule has 3 rings (SSSR count). The van der Waals surface area contributed by atoms with Crippen LogP contribution in [0, 0.1) is 0 Å². The SMILES string of the molecule is CC1Oc2ccc(CNCc3cccc(Cl)c3)cc2N=C1N.Cl.Cl. The molecule has 0 saturated heterocycles. The highest BCUT2D eigenvalue weighted by molar-refractivity contribution is 6.30. The van der Waals surface area contributed by atoms with E-state index >= 15 is 0 Å². The Morgan fingerprint density at radius 3 is 2.54 bits per heavy atom. The minimum Gasteiger partial charge on any atom is -0.481 e. The van der Waals surface area contributed by atoms with Crippen molar-refractivity contribution in [2.24, 2.45) is 10.7 Å². The molecule has 7 heteroatoms. The van der Waals surface area contributed by atoms with E-state index in [1.54, 1.807) is 0 Å². The zero-order valence-electron chi connectivity index (χ0n) is 13.2. The molecule has 1 aliphatic rings. The summed E-state index contributed by atoms with van der Waals surface area (Å²) in [7, 11) is 0. The number of nitrogens with one attached hydrogen (secondary N) is 1. The Hall–Kier alpha value is -1.46. The second kappa shape index (κ2) is 9.14. The normalized spacial score (nSPS) is 15.2. The summed E-state index contributed by atoms with van der Waals surface area (Å²) >= 11 is 5.98. The summed E-state index contributed by atoms with van der Waals surface area (Å²) in [6.45, 7) is 3.39. The summed E-state index contributed by atoms with van der Waals surface area (Å²) in [5.74, 6) is 1.29. The van der Waals surface area contributed by atoms with Crippen LogP contribution in [0.5, 0.6) is 5.75 Å². The van der Waals surface area contributed by atoms with Crippen LogP contribution in [-0.4, -0.2) is 11.9 Å². The van der Waals surface area contributed by atoms with Crippen LogP contribution < -0.4 is 15.8 Å². The highest BCUT2D eigenvalue weighted by Crippen LogP contribution is 2.32. The van der Waals surface area contributed by atoms with Crippen molar-refractivity contribution in [2.75, 3.05) is 0 Å². The number of amidine groups is 1. The number of benzene rings is 2. The topological polar surface area (TPSA) is 59.6 Å². The van der Waals surface area contributed by atoms with E-state index in [4.69, 9.17) is 22.1 Å². The molecule has 1 unspecified atom stereocenters. The Morgan fingerprint density at radius 1 is 1.12 bits per heavy atom. The number of nitrogens with two attached hydrogens (primary N) is 1. The maximum absolute atomic E-state index is 5.98. The Balaban J connectivity index is 0.00000144. The molecular formula is C17H20Cl3N3O. The second-order valence-electron chi connectivity index (χ2n) is 5.33. The molecule has 4 nitrogen and oxygen atoms in total. The van der Waals surface area contributed by atoms with E-state index in [0.717, 1.165) is 40.7 Å². The van der Waals surface area contributed by atoms with Gasteiger partial charge in [0, 0.05) is 18.1 Å². The summed E-state index contributed by atoms with van der Waals surface area (Å²) in [6.07, 6.45) is -0.167. The molecule has 1 heterocycles. The molecule has 3 N–H and O–H groups in total. The highest BCUT2D eigenvalue weighted by atomic mass is 35.5. The van der Waals surface area contributed by atoms with E-state index < -0.39 is 0 Å². The Morgan fingerprint density at radius 2 is 1.83 bits per heavy atom. The highest BCUT2D eigenvalue weighted by Gasteiger charge is 2.18. The summed E-state index contributed by atoms with van der Waals surface area (Å²) in [5.41, 5.74) is 8.91. The average Bonchev–Trinajstić information content (AvgIpc) is 2.49. The Kier molecular flexibility index (Phi) is 7.84. The van der Waals surface area contributed by atoms with Crippen LogP contribution in [0.4, 0.5) is 5.69 Å². The van der Waals surface area contributed by atoms with Gasteiger partial charge in [0.1, 0.15) is 17.3 Å². The van der Waals surface area contributed by atoms with Gasteiger partial charge in [0.25, 0.3) is 0 Å². The van der Waals surface area contributed by atoms with E-state index in [1.165, 1.54) is 0 Å². The second-order valence-corrected chi connectivity index (χ2v) is 5.77. The van der Waals surface area contributed by atoms with Crippen molar-refractivity contribution < 1.29 is 4.74 Å². The standard InChI is InChI=1S/C17H18ClN3O.2ClH/c1-11-17(19)21-15-8-13(5-6-16(15)22-11)10-20-9-12-3-2-4-14(18)7-12;;/h2-8,11,20H,9-10H2,1H3,(H2,19,21);2*1H. The largest absolute Gasteiger partial charge is 0.481 e. The van der Waals surface area contributed by atoms with Gasteiger partial charge in [-0.05, 0) is 42.3 Å². The molecule has 24 heavy (non-hydrogen) atoms. The van der Waals surface area contributed by atoms with E-state index in [1.807, 2.05) is 49.4 Å². The predicted octanol–water partition coefficient (Wildman–Crippen LogP) is 4.24. The first kappa shape index (κ1) is 20.6. The van der Waals surface area contributed by atoms with Crippen molar-refractivity contribution in [3.05, 3.63) is 58.6 Å². The van der Waals surface area contributed by atoms with Crippen molar-refractivity contribution >= 4 is 47.9 Å². The summed E-state index contributed by atoms with van der Waals surface area (Å²) < 4.78 is 5.70. The molecule has 0 fully saturated rings. The van der Waals surface area contributed by atoms with Crippen LogP contribution in [0.1, 0.15) is 18.1 Å². The number of nitrogens with zero attached hydrogens (tertiary/aromatic N) is 1. The van der Waals surface area contributed by atoms with Gasteiger partial charge in [-0.3, -0.25) is 0 Å². The average molecular weight is 389 g/mol. The van der Waals surface area contributed by atoms with E-state index in [0.29, 0.717) is 5.84 Å². The monoisotopic (exact) mass is 387 g/mol. The van der Waals surface area contributed by atoms with Crippen LogP contribution in [0.3, 0.4) is 0 Å². The number of fused-ring (bicyclic) bond motifs is 1. The predicted molar refractivity (Wildman–Crippen MR) is 104 cm³/mol. The first-order valence-corrected chi connectivity index (χ1v) is 7.58. The molecule has 1 atom stereocenters. The van der Waals surface area contributed by atoms with Gasteiger partial charge in [-0.15, -0.1) is 24.8 Å². The van der Waals surface area contributed by atoms with Gasteiger partial charge in [-0.2, -0.15) is 0 Å². The summed E-state index contributed by atoms with van der Waals surface area (Å²) in [5, 5.41) is 4.15. The number of hydrogen-bond acceptors (Lipinski definition) is 4. The van der Waals surface area contributed by atoms with Gasteiger partial charge in [0.05, 0.1) is 0 Å². The molecule has 0 saturated carbocycles. The molecule has 0 radical (unpaired) electrons. The molecule has 0 bridgehead atoms. The van der Waals surface area contributed by atoms with Crippen molar-refractivity contribution in [3.8, 4) is 5.75 Å². The third-order valence-electron chi connectivity index (χ3n) is 3.54. The lowest BCUT2D eigenvalue weighted by atomic mass is 10.1. The minimum absolute atomic E-state index is 0. The molecule has 130 valence electrons. The number of hydrogen-bond donors (Lipinski definition) is 2. The van der Waals surface area contributed by atoms with Crippen molar-refractivity contribution in [3.63, 3.8) is 0 Å². The van der Waals surface area contributed by atoms with Crippen LogP contribution in [0.15, 0.2) is 47.5 Å². The Labute approximate surface area is 159 Å². The molecule has 2 aromatic rings. The first-order chi connectivity index (χ1) is 10.6. The van der Waals surface area contributed by atoms with E-state index in [2.05, 4.69) is 10.3 Å². The fraction of sp³-hybridized carbons (Fsp3) is 0.235. The van der Waals surface area contributed by atoms with Gasteiger partial charge in [-0.1, -0.05) is 29.8 Å². The van der Waals surface area contributed by atoms with Crippen LogP contribution in [-0.2, 0) is 13.1 Å². The molecule has 0 amide bonds. The molecular weight excluding hydrogens is 369 g/mol. The number of rotatable bonds is 4. The molecule has 1 aliphatic heterocycles. The first-order valence-electron chi connectivity index (χ1n) is 7.20. The van der Waals surface area contributed by atoms with Crippen molar-refractivity contribution in [1.29, 1.82) is 0 Å². The summed E-state index contributed by atoms with van der Waals surface area (Å²) in [4.78, 5) is 4.39. The van der Waals surface area contributed by atoms with Gasteiger partial charge < -0.3 is 15.8 Å². The number of aliphatic imine (C=N–C) groups is 1. The maximum atomic E-state index is 5.98. The van der Waals surface area contributed by atoms with Gasteiger partial charge in [0.2, 0.25) is 0 Å². The molecule has 0 spiro atoms.